The molecule has 0 aliphatic heterocycles. The molecule has 1 amide bonds. The number of aryl methyl sites for hydroxylation is 1. The number of aromatic nitrogens is 2. The molecular formula is C26H19Cl4N3O3. The highest BCUT2D eigenvalue weighted by atomic mass is 35.5. The van der Waals surface area contributed by atoms with Gasteiger partial charge in [-0.05, 0) is 48.9 Å². The molecule has 6 nitrogen and oxygen atoms in total. The van der Waals surface area contributed by atoms with E-state index in [1.165, 1.54) is 13.2 Å². The van der Waals surface area contributed by atoms with Gasteiger partial charge in [0, 0.05) is 23.1 Å². The molecule has 0 fully saturated rings. The Morgan fingerprint density at radius 1 is 0.944 bits per heavy atom. The highest BCUT2D eigenvalue weighted by Gasteiger charge is 2.26. The summed E-state index contributed by atoms with van der Waals surface area (Å²) in [5, 5.41) is 4.60. The van der Waals surface area contributed by atoms with Crippen LogP contribution >= 0.6 is 46.4 Å². The Labute approximate surface area is 227 Å². The number of nitrogens with zero attached hydrogens (tertiary/aromatic N) is 2. The zero-order valence-corrected chi connectivity index (χ0v) is 22.1. The van der Waals surface area contributed by atoms with Crippen LogP contribution in [0.25, 0.3) is 22.2 Å². The van der Waals surface area contributed by atoms with Crippen molar-refractivity contribution in [3.63, 3.8) is 0 Å². The summed E-state index contributed by atoms with van der Waals surface area (Å²) < 4.78 is 4.90. The van der Waals surface area contributed by atoms with Gasteiger partial charge in [-0.3, -0.25) is 4.79 Å². The molecule has 0 saturated carbocycles. The summed E-state index contributed by atoms with van der Waals surface area (Å²) in [4.78, 5) is 34.1. The fourth-order valence-electron chi connectivity index (χ4n) is 3.78. The molecule has 0 aliphatic rings. The van der Waals surface area contributed by atoms with Gasteiger partial charge in [-0.1, -0.05) is 64.6 Å². The Hall–Kier alpha value is -2.90. The van der Waals surface area contributed by atoms with Crippen LogP contribution in [-0.2, 0) is 16.0 Å². The SMILES string of the molecule is COC(=O)[C@H](Cc1ccc2nc(-c3c(Cl)cccc3Cl)ccc2c1)NC(=O)c1c(Cl)cc(C)nc1Cl. The fourth-order valence-corrected chi connectivity index (χ4v) is 5.08. The first kappa shape index (κ1) is 26.2. The summed E-state index contributed by atoms with van der Waals surface area (Å²) in [6.07, 6.45) is 0.168. The molecule has 4 rings (SSSR count). The second kappa shape index (κ2) is 11.0. The molecule has 184 valence electrons. The summed E-state index contributed by atoms with van der Waals surface area (Å²) in [7, 11) is 1.25. The average Bonchev–Trinajstić information content (AvgIpc) is 2.82. The Bertz CT molecular complexity index is 1450. The summed E-state index contributed by atoms with van der Waals surface area (Å²) in [6, 6.07) is 15.1. The molecule has 0 spiro atoms. The highest BCUT2D eigenvalue weighted by Crippen LogP contribution is 2.34. The van der Waals surface area contributed by atoms with E-state index in [0.29, 0.717) is 27.0 Å². The molecule has 2 aromatic heterocycles. The van der Waals surface area contributed by atoms with Crippen molar-refractivity contribution in [2.24, 2.45) is 0 Å². The number of halogens is 4. The van der Waals surface area contributed by atoms with Crippen molar-refractivity contribution < 1.29 is 14.3 Å². The fraction of sp³-hybridized carbons (Fsp3) is 0.154. The molecule has 2 heterocycles. The third-order valence-electron chi connectivity index (χ3n) is 5.49. The summed E-state index contributed by atoms with van der Waals surface area (Å²) in [5.74, 6) is -1.24. The standard InChI is InChI=1S/C26H19Cl4N3O3/c1-13-10-18(29)23(24(30)31-13)25(34)33-21(26(35)36-2)12-14-6-8-19-15(11-14)7-9-20(32-19)22-16(27)4-3-5-17(22)28/h3-11,21H,12H2,1-2H3,(H,33,34)/t21-/m0/s1. The van der Waals surface area contributed by atoms with Gasteiger partial charge in [-0.15, -0.1) is 0 Å². The number of benzene rings is 2. The number of amides is 1. The van der Waals surface area contributed by atoms with Crippen LogP contribution in [0.4, 0.5) is 0 Å². The van der Waals surface area contributed by atoms with E-state index in [4.69, 9.17) is 51.1 Å². The number of hydrogen-bond acceptors (Lipinski definition) is 5. The Kier molecular flexibility index (Phi) is 8.00. The number of ether oxygens (including phenoxy) is 1. The predicted molar refractivity (Wildman–Crippen MR) is 143 cm³/mol. The summed E-state index contributed by atoms with van der Waals surface area (Å²) in [5.41, 5.74) is 3.36. The topological polar surface area (TPSA) is 81.2 Å². The van der Waals surface area contributed by atoms with Crippen LogP contribution in [0, 0.1) is 6.92 Å². The van der Waals surface area contributed by atoms with Crippen molar-refractivity contribution in [1.82, 2.24) is 15.3 Å². The first-order chi connectivity index (χ1) is 17.2. The lowest BCUT2D eigenvalue weighted by atomic mass is 10.0. The van der Waals surface area contributed by atoms with Crippen LogP contribution in [0.3, 0.4) is 0 Å². The Morgan fingerprint density at radius 3 is 2.33 bits per heavy atom. The number of pyridine rings is 2. The van der Waals surface area contributed by atoms with E-state index in [2.05, 4.69) is 15.3 Å². The van der Waals surface area contributed by atoms with Crippen LogP contribution in [0.1, 0.15) is 21.6 Å². The lowest BCUT2D eigenvalue weighted by molar-refractivity contribution is -0.142. The molecule has 1 atom stereocenters. The monoisotopic (exact) mass is 561 g/mol. The lowest BCUT2D eigenvalue weighted by Crippen LogP contribution is -2.43. The number of esters is 1. The predicted octanol–water partition coefficient (Wildman–Crippen LogP) is 6.73. The van der Waals surface area contributed by atoms with Crippen molar-refractivity contribution in [1.29, 1.82) is 0 Å². The largest absolute Gasteiger partial charge is 0.467 e. The number of hydrogen-bond donors (Lipinski definition) is 1. The summed E-state index contributed by atoms with van der Waals surface area (Å²) in [6.45, 7) is 1.71. The van der Waals surface area contributed by atoms with Gasteiger partial charge in [0.2, 0.25) is 0 Å². The average molecular weight is 563 g/mol. The minimum Gasteiger partial charge on any atom is -0.467 e. The second-order valence-corrected chi connectivity index (χ2v) is 9.56. The molecule has 0 radical (unpaired) electrons. The lowest BCUT2D eigenvalue weighted by Gasteiger charge is -2.18. The molecule has 1 N–H and O–H groups in total. The number of fused-ring (bicyclic) bond motifs is 1. The zero-order chi connectivity index (χ0) is 26.0. The number of rotatable bonds is 6. The molecule has 10 heteroatoms. The quantitative estimate of drug-likeness (QED) is 0.208. The third-order valence-corrected chi connectivity index (χ3v) is 6.69. The van der Waals surface area contributed by atoms with Gasteiger partial charge in [-0.25, -0.2) is 14.8 Å². The number of carbonyl (C=O) groups excluding carboxylic acids is 2. The maximum Gasteiger partial charge on any atom is 0.328 e. The first-order valence-electron chi connectivity index (χ1n) is 10.7. The van der Waals surface area contributed by atoms with E-state index >= 15 is 0 Å². The first-order valence-corrected chi connectivity index (χ1v) is 12.2. The summed E-state index contributed by atoms with van der Waals surface area (Å²) >= 11 is 25.0. The van der Waals surface area contributed by atoms with E-state index < -0.39 is 17.9 Å². The van der Waals surface area contributed by atoms with E-state index in [9.17, 15) is 9.59 Å². The van der Waals surface area contributed by atoms with Gasteiger partial charge in [0.05, 0.1) is 39.0 Å². The second-order valence-electron chi connectivity index (χ2n) is 7.98. The van der Waals surface area contributed by atoms with Gasteiger partial charge < -0.3 is 10.1 Å². The Morgan fingerprint density at radius 2 is 1.67 bits per heavy atom. The van der Waals surface area contributed by atoms with Crippen LogP contribution in [0.15, 0.2) is 54.6 Å². The zero-order valence-electron chi connectivity index (χ0n) is 19.1. The van der Waals surface area contributed by atoms with E-state index in [1.807, 2.05) is 30.3 Å². The maximum atomic E-state index is 12.9. The van der Waals surface area contributed by atoms with Gasteiger partial charge in [0.1, 0.15) is 11.2 Å². The molecule has 36 heavy (non-hydrogen) atoms. The van der Waals surface area contributed by atoms with Crippen LogP contribution in [-0.4, -0.2) is 35.0 Å². The van der Waals surface area contributed by atoms with E-state index in [-0.39, 0.29) is 22.2 Å². The number of methoxy groups -OCH3 is 1. The van der Waals surface area contributed by atoms with E-state index in [1.54, 1.807) is 25.1 Å². The van der Waals surface area contributed by atoms with Crippen molar-refractivity contribution in [2.45, 2.75) is 19.4 Å². The van der Waals surface area contributed by atoms with Crippen LogP contribution in [0.2, 0.25) is 20.2 Å². The molecule has 0 unspecified atom stereocenters. The van der Waals surface area contributed by atoms with Gasteiger partial charge in [-0.2, -0.15) is 0 Å². The van der Waals surface area contributed by atoms with Gasteiger partial charge in [0.25, 0.3) is 5.91 Å². The molecule has 0 aliphatic carbocycles. The van der Waals surface area contributed by atoms with Crippen LogP contribution < -0.4 is 5.32 Å². The molecular weight excluding hydrogens is 544 g/mol. The smallest absolute Gasteiger partial charge is 0.328 e. The van der Waals surface area contributed by atoms with Crippen molar-refractivity contribution in [3.05, 3.63) is 91.6 Å². The van der Waals surface area contributed by atoms with Crippen molar-refractivity contribution >= 4 is 69.2 Å². The van der Waals surface area contributed by atoms with Crippen molar-refractivity contribution in [3.8, 4) is 11.3 Å². The van der Waals surface area contributed by atoms with E-state index in [0.717, 1.165) is 16.5 Å². The van der Waals surface area contributed by atoms with Crippen molar-refractivity contribution in [2.75, 3.05) is 7.11 Å². The normalized spacial score (nSPS) is 11.8. The van der Waals surface area contributed by atoms with Crippen LogP contribution in [0.5, 0.6) is 0 Å². The molecule has 0 saturated heterocycles. The minimum atomic E-state index is -0.984. The Balaban J connectivity index is 1.60. The maximum absolute atomic E-state index is 12.9. The molecule has 4 aromatic rings. The number of nitrogens with one attached hydrogen (secondary N) is 1. The molecule has 2 aromatic carbocycles. The number of carbonyl (C=O) groups is 2. The van der Waals surface area contributed by atoms with Gasteiger partial charge >= 0.3 is 5.97 Å². The minimum absolute atomic E-state index is 0.00805. The van der Waals surface area contributed by atoms with Gasteiger partial charge in [0.15, 0.2) is 0 Å². The highest BCUT2D eigenvalue weighted by molar-refractivity contribution is 6.39. The molecule has 0 bridgehead atoms. The third kappa shape index (κ3) is 5.57.